The van der Waals surface area contributed by atoms with Crippen LogP contribution in [0.3, 0.4) is 0 Å². The lowest BCUT2D eigenvalue weighted by molar-refractivity contribution is -0.140. The van der Waals surface area contributed by atoms with Gasteiger partial charge in [-0.15, -0.1) is 0 Å². The van der Waals surface area contributed by atoms with Crippen LogP contribution < -0.4 is 11.1 Å². The van der Waals surface area contributed by atoms with E-state index in [0.717, 1.165) is 32.4 Å². The summed E-state index contributed by atoms with van der Waals surface area (Å²) >= 11 is 0. The second kappa shape index (κ2) is 4.94. The molecule has 0 spiro atoms. The van der Waals surface area contributed by atoms with Gasteiger partial charge in [0.2, 0.25) is 5.91 Å². The predicted molar refractivity (Wildman–Crippen MR) is 61.5 cm³/mol. The maximum absolute atomic E-state index is 12.2. The molecule has 0 aromatic heterocycles. The summed E-state index contributed by atoms with van der Waals surface area (Å²) < 4.78 is 0. The van der Waals surface area contributed by atoms with Crippen LogP contribution >= 0.6 is 0 Å². The molecule has 1 rings (SSSR count). The Labute approximate surface area is 92.2 Å². The fraction of sp³-hybridized carbons (Fsp3) is 0.909. The first-order chi connectivity index (χ1) is 7.02. The van der Waals surface area contributed by atoms with E-state index >= 15 is 0 Å². The Bertz CT molecular complexity index is 232. The predicted octanol–water partition coefficient (Wildman–Crippen LogP) is 0.182. The maximum atomic E-state index is 12.2. The highest BCUT2D eigenvalue weighted by Crippen LogP contribution is 2.37. The average Bonchev–Trinajstić information content (AvgIpc) is 2.56. The highest BCUT2D eigenvalue weighted by molar-refractivity contribution is 5.83. The molecule has 1 amide bonds. The Hall–Kier alpha value is -0.610. The number of rotatable bonds is 4. The normalized spacial score (nSPS) is 30.5. The zero-order chi connectivity index (χ0) is 11.5. The highest BCUT2D eigenvalue weighted by Gasteiger charge is 2.44. The third kappa shape index (κ3) is 2.49. The quantitative estimate of drug-likeness (QED) is 0.700. The van der Waals surface area contributed by atoms with Crippen molar-refractivity contribution in [3.05, 3.63) is 0 Å². The van der Waals surface area contributed by atoms with Gasteiger partial charge in [-0.2, -0.15) is 0 Å². The van der Waals surface area contributed by atoms with Crippen LogP contribution in [0.15, 0.2) is 0 Å². The van der Waals surface area contributed by atoms with E-state index in [1.165, 1.54) is 0 Å². The molecule has 1 fully saturated rings. The average molecular weight is 213 g/mol. The summed E-state index contributed by atoms with van der Waals surface area (Å²) in [7, 11) is 3.75. The summed E-state index contributed by atoms with van der Waals surface area (Å²) in [4.78, 5) is 14.0. The molecule has 1 aliphatic rings. The fourth-order valence-corrected chi connectivity index (χ4v) is 2.28. The van der Waals surface area contributed by atoms with E-state index in [1.807, 2.05) is 21.0 Å². The van der Waals surface area contributed by atoms with Crippen molar-refractivity contribution >= 4 is 5.91 Å². The second-order valence-electron chi connectivity index (χ2n) is 4.75. The van der Waals surface area contributed by atoms with Gasteiger partial charge in [0.1, 0.15) is 0 Å². The minimum absolute atomic E-state index is 0.0297. The van der Waals surface area contributed by atoms with Crippen molar-refractivity contribution in [2.24, 2.45) is 11.1 Å². The van der Waals surface area contributed by atoms with E-state index in [1.54, 1.807) is 4.90 Å². The molecule has 2 unspecified atom stereocenters. The first kappa shape index (κ1) is 12.5. The molecule has 1 saturated carbocycles. The van der Waals surface area contributed by atoms with Crippen LogP contribution in [0, 0.1) is 5.41 Å². The molecule has 2 atom stereocenters. The monoisotopic (exact) mass is 213 g/mol. The lowest BCUT2D eigenvalue weighted by atomic mass is 9.83. The largest absolute Gasteiger partial charge is 0.344 e. The molecule has 0 radical (unpaired) electrons. The van der Waals surface area contributed by atoms with Crippen LogP contribution in [-0.2, 0) is 4.79 Å². The fourth-order valence-electron chi connectivity index (χ4n) is 2.28. The standard InChI is InChI=1S/C11H23N3O/c1-11(6-4-5-9(11)12)10(15)14(3)8-7-13-2/h9,13H,4-8,12H2,1-3H3. The van der Waals surface area contributed by atoms with E-state index in [0.29, 0.717) is 0 Å². The zero-order valence-electron chi connectivity index (χ0n) is 10.0. The SMILES string of the molecule is CNCCN(C)C(=O)C1(C)CCCC1N. The molecule has 0 bridgehead atoms. The summed E-state index contributed by atoms with van der Waals surface area (Å²) in [6.07, 6.45) is 2.97. The minimum Gasteiger partial charge on any atom is -0.344 e. The number of likely N-dealkylation sites (N-methyl/N-ethyl adjacent to an activating group) is 2. The van der Waals surface area contributed by atoms with Crippen LogP contribution in [0.4, 0.5) is 0 Å². The molecule has 88 valence electrons. The van der Waals surface area contributed by atoms with Crippen molar-refractivity contribution in [3.8, 4) is 0 Å². The minimum atomic E-state index is -0.331. The Balaban J connectivity index is 2.58. The van der Waals surface area contributed by atoms with Crippen molar-refractivity contribution in [1.82, 2.24) is 10.2 Å². The van der Waals surface area contributed by atoms with Gasteiger partial charge in [0.25, 0.3) is 0 Å². The van der Waals surface area contributed by atoms with Crippen LogP contribution in [0.25, 0.3) is 0 Å². The van der Waals surface area contributed by atoms with Gasteiger partial charge in [0, 0.05) is 26.2 Å². The lowest BCUT2D eigenvalue weighted by Crippen LogP contribution is -2.49. The van der Waals surface area contributed by atoms with Crippen LogP contribution in [0.2, 0.25) is 0 Å². The second-order valence-corrected chi connectivity index (χ2v) is 4.75. The number of carbonyl (C=O) groups excluding carboxylic acids is 1. The number of amides is 1. The first-order valence-corrected chi connectivity index (χ1v) is 5.68. The number of nitrogens with two attached hydrogens (primary N) is 1. The summed E-state index contributed by atoms with van der Waals surface area (Å²) in [5.41, 5.74) is 5.69. The highest BCUT2D eigenvalue weighted by atomic mass is 16.2. The lowest BCUT2D eigenvalue weighted by Gasteiger charge is -2.32. The molecule has 0 aromatic rings. The van der Waals surface area contributed by atoms with Crippen molar-refractivity contribution in [3.63, 3.8) is 0 Å². The number of nitrogens with zero attached hydrogens (tertiary/aromatic N) is 1. The Kier molecular flexibility index (Phi) is 4.11. The van der Waals surface area contributed by atoms with E-state index in [9.17, 15) is 4.79 Å². The van der Waals surface area contributed by atoms with Crippen LogP contribution in [-0.4, -0.2) is 44.0 Å². The Morgan fingerprint density at radius 2 is 2.33 bits per heavy atom. The summed E-state index contributed by atoms with van der Waals surface area (Å²) in [6.45, 7) is 3.58. The molecular weight excluding hydrogens is 190 g/mol. The third-order valence-electron chi connectivity index (χ3n) is 3.56. The molecule has 3 N–H and O–H groups in total. The zero-order valence-corrected chi connectivity index (χ0v) is 10.0. The topological polar surface area (TPSA) is 58.4 Å². The molecule has 0 saturated heterocycles. The van der Waals surface area contributed by atoms with Crippen molar-refractivity contribution in [1.29, 1.82) is 0 Å². The van der Waals surface area contributed by atoms with Gasteiger partial charge in [-0.1, -0.05) is 6.42 Å². The smallest absolute Gasteiger partial charge is 0.229 e. The van der Waals surface area contributed by atoms with Crippen molar-refractivity contribution in [2.45, 2.75) is 32.2 Å². The number of carbonyl (C=O) groups is 1. The summed E-state index contributed by atoms with van der Waals surface area (Å²) in [5, 5.41) is 3.04. The molecule has 15 heavy (non-hydrogen) atoms. The van der Waals surface area contributed by atoms with Gasteiger partial charge in [-0.25, -0.2) is 0 Å². The van der Waals surface area contributed by atoms with Crippen LogP contribution in [0.5, 0.6) is 0 Å². The molecule has 0 heterocycles. The van der Waals surface area contributed by atoms with Gasteiger partial charge >= 0.3 is 0 Å². The van der Waals surface area contributed by atoms with Crippen molar-refractivity contribution < 1.29 is 4.79 Å². The number of hydrogen-bond donors (Lipinski definition) is 2. The van der Waals surface area contributed by atoms with Crippen molar-refractivity contribution in [2.75, 3.05) is 27.2 Å². The third-order valence-corrected chi connectivity index (χ3v) is 3.56. The van der Waals surface area contributed by atoms with E-state index in [-0.39, 0.29) is 17.4 Å². The molecule has 1 aliphatic carbocycles. The van der Waals surface area contributed by atoms with E-state index < -0.39 is 0 Å². The number of nitrogens with one attached hydrogen (secondary N) is 1. The Morgan fingerprint density at radius 3 is 2.80 bits per heavy atom. The van der Waals surface area contributed by atoms with Gasteiger partial charge < -0.3 is 16.0 Å². The van der Waals surface area contributed by atoms with Crippen LogP contribution in [0.1, 0.15) is 26.2 Å². The molecular formula is C11H23N3O. The van der Waals surface area contributed by atoms with Gasteiger partial charge in [0.05, 0.1) is 5.41 Å². The maximum Gasteiger partial charge on any atom is 0.229 e. The first-order valence-electron chi connectivity index (χ1n) is 5.68. The van der Waals surface area contributed by atoms with E-state index in [2.05, 4.69) is 5.32 Å². The summed E-state index contributed by atoms with van der Waals surface area (Å²) in [5.74, 6) is 0.197. The number of hydrogen-bond acceptors (Lipinski definition) is 3. The van der Waals surface area contributed by atoms with Gasteiger partial charge in [0.15, 0.2) is 0 Å². The molecule has 4 nitrogen and oxygen atoms in total. The van der Waals surface area contributed by atoms with Gasteiger partial charge in [-0.05, 0) is 26.8 Å². The molecule has 0 aliphatic heterocycles. The molecule has 0 aromatic carbocycles. The summed E-state index contributed by atoms with van der Waals surface area (Å²) in [6, 6.07) is 0.0297. The Morgan fingerprint density at radius 1 is 1.67 bits per heavy atom. The van der Waals surface area contributed by atoms with Gasteiger partial charge in [-0.3, -0.25) is 4.79 Å². The molecule has 4 heteroatoms. The van der Waals surface area contributed by atoms with E-state index in [4.69, 9.17) is 5.73 Å².